The summed E-state index contributed by atoms with van der Waals surface area (Å²) in [6.07, 6.45) is 0. The largest absolute Gasteiger partial charge is 0.396 e. The van der Waals surface area contributed by atoms with Crippen LogP contribution in [0.2, 0.25) is 0 Å². The van der Waals surface area contributed by atoms with E-state index in [4.69, 9.17) is 10.7 Å². The quantitative estimate of drug-likeness (QED) is 0.350. The van der Waals surface area contributed by atoms with Crippen LogP contribution >= 0.6 is 0 Å². The predicted octanol–water partition coefficient (Wildman–Crippen LogP) is 6.26. The Hall–Kier alpha value is -4.38. The first-order chi connectivity index (χ1) is 15.7. The molecule has 4 aromatic carbocycles. The summed E-state index contributed by atoms with van der Waals surface area (Å²) in [6.45, 7) is 0. The molecule has 0 saturated carbocycles. The zero-order valence-electron chi connectivity index (χ0n) is 17.1. The molecule has 5 heteroatoms. The second kappa shape index (κ2) is 8.40. The van der Waals surface area contributed by atoms with E-state index in [0.29, 0.717) is 23.0 Å². The second-order valence-electron chi connectivity index (χ2n) is 7.35. The third kappa shape index (κ3) is 3.96. The summed E-state index contributed by atoms with van der Waals surface area (Å²) in [5.74, 6) is 1.05. The first-order valence-electron chi connectivity index (χ1n) is 10.2. The van der Waals surface area contributed by atoms with Crippen molar-refractivity contribution in [2.45, 2.75) is 0 Å². The van der Waals surface area contributed by atoms with E-state index in [1.165, 1.54) is 6.07 Å². The van der Waals surface area contributed by atoms with Crippen LogP contribution in [0.3, 0.4) is 0 Å². The van der Waals surface area contributed by atoms with Crippen molar-refractivity contribution in [1.82, 2.24) is 15.0 Å². The van der Waals surface area contributed by atoms with E-state index < -0.39 is 5.82 Å². The van der Waals surface area contributed by atoms with Gasteiger partial charge in [-0.25, -0.2) is 19.3 Å². The van der Waals surface area contributed by atoms with Gasteiger partial charge in [-0.15, -0.1) is 0 Å². The highest BCUT2D eigenvalue weighted by Gasteiger charge is 2.13. The van der Waals surface area contributed by atoms with Crippen LogP contribution in [-0.2, 0) is 0 Å². The number of nitrogens with zero attached hydrogens (tertiary/aromatic N) is 3. The minimum absolute atomic E-state index is 0.0536. The summed E-state index contributed by atoms with van der Waals surface area (Å²) in [5.41, 5.74) is 10.4. The van der Waals surface area contributed by atoms with Gasteiger partial charge in [-0.1, -0.05) is 84.9 Å². The summed E-state index contributed by atoms with van der Waals surface area (Å²) < 4.78 is 13.7. The van der Waals surface area contributed by atoms with Gasteiger partial charge in [0.1, 0.15) is 5.82 Å². The Morgan fingerprint density at radius 1 is 0.469 bits per heavy atom. The molecule has 0 aliphatic heterocycles. The monoisotopic (exact) mass is 418 g/mol. The number of benzene rings is 4. The van der Waals surface area contributed by atoms with Crippen LogP contribution in [0.4, 0.5) is 10.1 Å². The fourth-order valence-corrected chi connectivity index (χ4v) is 3.48. The Morgan fingerprint density at radius 3 is 1.44 bits per heavy atom. The van der Waals surface area contributed by atoms with Crippen molar-refractivity contribution in [3.63, 3.8) is 0 Å². The summed E-state index contributed by atoms with van der Waals surface area (Å²) in [4.78, 5) is 14.0. The van der Waals surface area contributed by atoms with Crippen molar-refractivity contribution in [1.29, 1.82) is 0 Å². The maximum Gasteiger partial charge on any atom is 0.164 e. The number of hydrogen-bond acceptors (Lipinski definition) is 4. The third-order valence-corrected chi connectivity index (χ3v) is 5.17. The molecule has 0 aliphatic carbocycles. The van der Waals surface area contributed by atoms with Gasteiger partial charge in [-0.05, 0) is 29.3 Å². The highest BCUT2D eigenvalue weighted by molar-refractivity contribution is 5.71. The normalized spacial score (nSPS) is 10.8. The van der Waals surface area contributed by atoms with Crippen molar-refractivity contribution in [3.05, 3.63) is 109 Å². The van der Waals surface area contributed by atoms with Crippen LogP contribution in [0.5, 0.6) is 0 Å². The molecule has 5 aromatic rings. The lowest BCUT2D eigenvalue weighted by Crippen LogP contribution is -2.01. The highest BCUT2D eigenvalue weighted by atomic mass is 19.1. The van der Waals surface area contributed by atoms with Crippen molar-refractivity contribution in [3.8, 4) is 45.3 Å². The van der Waals surface area contributed by atoms with Gasteiger partial charge in [0.25, 0.3) is 0 Å². The predicted molar refractivity (Wildman–Crippen MR) is 126 cm³/mol. The smallest absolute Gasteiger partial charge is 0.164 e. The van der Waals surface area contributed by atoms with Crippen molar-refractivity contribution >= 4 is 5.69 Å². The van der Waals surface area contributed by atoms with Crippen LogP contribution in [-0.4, -0.2) is 15.0 Å². The maximum absolute atomic E-state index is 13.7. The Kier molecular flexibility index (Phi) is 5.14. The average Bonchev–Trinajstić information content (AvgIpc) is 2.86. The van der Waals surface area contributed by atoms with Gasteiger partial charge in [0.05, 0.1) is 5.69 Å². The zero-order chi connectivity index (χ0) is 21.9. The summed E-state index contributed by atoms with van der Waals surface area (Å²) in [7, 11) is 0. The van der Waals surface area contributed by atoms with Gasteiger partial charge in [0.15, 0.2) is 17.5 Å². The van der Waals surface area contributed by atoms with Crippen molar-refractivity contribution in [2.24, 2.45) is 0 Å². The zero-order valence-corrected chi connectivity index (χ0v) is 17.1. The molecule has 32 heavy (non-hydrogen) atoms. The SMILES string of the molecule is Nc1cc(-c2nc(-c3ccccc3)nc(-c3ccc(-c4ccccc4)cc3)n2)ccc1F. The molecule has 0 saturated heterocycles. The van der Waals surface area contributed by atoms with Gasteiger partial charge in [0.2, 0.25) is 0 Å². The number of anilines is 1. The first kappa shape index (κ1) is 19.6. The minimum Gasteiger partial charge on any atom is -0.396 e. The van der Waals surface area contributed by atoms with E-state index in [0.717, 1.165) is 22.3 Å². The number of rotatable bonds is 4. The van der Waals surface area contributed by atoms with Gasteiger partial charge < -0.3 is 5.73 Å². The number of hydrogen-bond donors (Lipinski definition) is 1. The van der Waals surface area contributed by atoms with Gasteiger partial charge in [-0.2, -0.15) is 0 Å². The topological polar surface area (TPSA) is 64.7 Å². The van der Waals surface area contributed by atoms with E-state index in [2.05, 4.69) is 22.1 Å². The second-order valence-corrected chi connectivity index (χ2v) is 7.35. The molecule has 1 heterocycles. The molecule has 1 aromatic heterocycles. The molecule has 0 bridgehead atoms. The average molecular weight is 418 g/mol. The van der Waals surface area contributed by atoms with Gasteiger partial charge >= 0.3 is 0 Å². The van der Waals surface area contributed by atoms with Crippen molar-refractivity contribution in [2.75, 3.05) is 5.73 Å². The molecule has 4 nitrogen and oxygen atoms in total. The Labute approximate surface area is 185 Å². The lowest BCUT2D eigenvalue weighted by atomic mass is 10.0. The summed E-state index contributed by atoms with van der Waals surface area (Å²) >= 11 is 0. The van der Waals surface area contributed by atoms with Crippen LogP contribution in [0.1, 0.15) is 0 Å². The number of aromatic nitrogens is 3. The first-order valence-corrected chi connectivity index (χ1v) is 10.2. The van der Waals surface area contributed by atoms with Crippen LogP contribution in [0, 0.1) is 5.82 Å². The van der Waals surface area contributed by atoms with Gasteiger partial charge in [-0.3, -0.25) is 0 Å². The third-order valence-electron chi connectivity index (χ3n) is 5.17. The highest BCUT2D eigenvalue weighted by Crippen LogP contribution is 2.28. The minimum atomic E-state index is -0.470. The molecular formula is C27H19FN4. The number of nitrogen functional groups attached to an aromatic ring is 1. The Bertz CT molecular complexity index is 1370. The Balaban J connectivity index is 1.62. The summed E-state index contributed by atoms with van der Waals surface area (Å²) in [6, 6.07) is 32.4. The van der Waals surface area contributed by atoms with Crippen LogP contribution in [0.25, 0.3) is 45.3 Å². The van der Waals surface area contributed by atoms with E-state index in [9.17, 15) is 4.39 Å². The van der Waals surface area contributed by atoms with E-state index in [1.807, 2.05) is 72.8 Å². The molecule has 0 amide bonds. The van der Waals surface area contributed by atoms with E-state index in [1.54, 1.807) is 12.1 Å². The molecule has 0 aliphatic rings. The molecule has 0 fully saturated rings. The van der Waals surface area contributed by atoms with E-state index >= 15 is 0 Å². The maximum atomic E-state index is 13.7. The molecular weight excluding hydrogens is 399 g/mol. The summed E-state index contributed by atoms with van der Waals surface area (Å²) in [5, 5.41) is 0. The molecule has 2 N–H and O–H groups in total. The lowest BCUT2D eigenvalue weighted by molar-refractivity contribution is 0.632. The van der Waals surface area contributed by atoms with Crippen LogP contribution < -0.4 is 5.73 Å². The molecule has 0 atom stereocenters. The standard InChI is InChI=1S/C27H19FN4/c28-23-16-15-22(17-24(23)29)27-31-25(20-9-5-2-6-10-20)30-26(32-27)21-13-11-19(12-14-21)18-7-3-1-4-8-18/h1-17H,29H2. The molecule has 5 rings (SSSR count). The van der Waals surface area contributed by atoms with Crippen LogP contribution in [0.15, 0.2) is 103 Å². The molecule has 154 valence electrons. The lowest BCUT2D eigenvalue weighted by Gasteiger charge is -2.09. The number of nitrogens with two attached hydrogens (primary N) is 1. The van der Waals surface area contributed by atoms with Gasteiger partial charge in [0, 0.05) is 16.7 Å². The molecule has 0 spiro atoms. The molecule has 0 radical (unpaired) electrons. The fraction of sp³-hybridized carbons (Fsp3) is 0. The fourth-order valence-electron chi connectivity index (χ4n) is 3.48. The number of halogens is 1. The van der Waals surface area contributed by atoms with Crippen molar-refractivity contribution < 1.29 is 4.39 Å². The van der Waals surface area contributed by atoms with E-state index in [-0.39, 0.29) is 5.69 Å². The Morgan fingerprint density at radius 2 is 0.875 bits per heavy atom. The molecule has 0 unspecified atom stereocenters.